The lowest BCUT2D eigenvalue weighted by Gasteiger charge is -2.27. The molecule has 2 heterocycles. The summed E-state index contributed by atoms with van der Waals surface area (Å²) in [7, 11) is 0. The maximum atomic E-state index is 13.3. The molecular formula is C20H21ClFN3. The fraction of sp³-hybridized carbons (Fsp3) is 0.300. The third-order valence-electron chi connectivity index (χ3n) is 4.80. The van der Waals surface area contributed by atoms with Gasteiger partial charge in [0.2, 0.25) is 0 Å². The Morgan fingerprint density at radius 3 is 2.64 bits per heavy atom. The van der Waals surface area contributed by atoms with Crippen molar-refractivity contribution in [2.75, 3.05) is 19.6 Å². The molecule has 0 saturated carbocycles. The van der Waals surface area contributed by atoms with Gasteiger partial charge in [-0.05, 0) is 28.8 Å². The third kappa shape index (κ3) is 3.87. The summed E-state index contributed by atoms with van der Waals surface area (Å²) in [6, 6.07) is 15.5. The standard InChI is InChI=1S/C20H21ClFN3/c21-18-10-16(6-7-19(18)22)11-24-9-8-20-17(13-24)14-25(23-20)12-15-4-2-1-3-5-15/h1-7,10,23H,8-9,11-14H2. The van der Waals surface area contributed by atoms with E-state index >= 15 is 0 Å². The largest absolute Gasteiger partial charge is 0.322 e. The van der Waals surface area contributed by atoms with E-state index in [2.05, 4.69) is 39.6 Å². The quantitative estimate of drug-likeness (QED) is 0.893. The van der Waals surface area contributed by atoms with Crippen LogP contribution in [-0.4, -0.2) is 29.5 Å². The molecule has 0 atom stereocenters. The van der Waals surface area contributed by atoms with Gasteiger partial charge in [-0.15, -0.1) is 0 Å². The molecular weight excluding hydrogens is 337 g/mol. The highest BCUT2D eigenvalue weighted by Crippen LogP contribution is 2.25. The summed E-state index contributed by atoms with van der Waals surface area (Å²) in [6.45, 7) is 4.60. The Hall–Kier alpha value is -1.88. The van der Waals surface area contributed by atoms with Gasteiger partial charge in [0, 0.05) is 44.8 Å². The zero-order chi connectivity index (χ0) is 17.2. The van der Waals surface area contributed by atoms with Gasteiger partial charge in [0.15, 0.2) is 0 Å². The summed E-state index contributed by atoms with van der Waals surface area (Å²) in [5.74, 6) is -0.356. The van der Waals surface area contributed by atoms with Gasteiger partial charge in [-0.2, -0.15) is 0 Å². The van der Waals surface area contributed by atoms with Crippen molar-refractivity contribution in [3.05, 3.63) is 81.8 Å². The molecule has 0 unspecified atom stereocenters. The van der Waals surface area contributed by atoms with Crippen LogP contribution in [0.15, 0.2) is 59.8 Å². The number of benzene rings is 2. The number of hydrogen-bond acceptors (Lipinski definition) is 3. The molecule has 130 valence electrons. The van der Waals surface area contributed by atoms with Gasteiger partial charge in [-0.25, -0.2) is 9.40 Å². The summed E-state index contributed by atoms with van der Waals surface area (Å²) in [4.78, 5) is 2.40. The SMILES string of the molecule is Fc1ccc(CN2CCC3=C(C2)CN(Cc2ccccc2)N3)cc1Cl. The number of halogens is 2. The number of rotatable bonds is 4. The van der Waals surface area contributed by atoms with Crippen molar-refractivity contribution in [1.29, 1.82) is 0 Å². The van der Waals surface area contributed by atoms with Crippen LogP contribution < -0.4 is 5.43 Å². The van der Waals surface area contributed by atoms with Gasteiger partial charge in [0.25, 0.3) is 0 Å². The third-order valence-corrected chi connectivity index (χ3v) is 5.09. The zero-order valence-corrected chi connectivity index (χ0v) is 14.8. The highest BCUT2D eigenvalue weighted by atomic mass is 35.5. The van der Waals surface area contributed by atoms with Crippen molar-refractivity contribution in [2.45, 2.75) is 19.5 Å². The highest BCUT2D eigenvalue weighted by molar-refractivity contribution is 6.30. The molecule has 0 aliphatic carbocycles. The van der Waals surface area contributed by atoms with E-state index in [9.17, 15) is 4.39 Å². The van der Waals surface area contributed by atoms with Crippen LogP contribution in [0.2, 0.25) is 5.02 Å². The van der Waals surface area contributed by atoms with E-state index in [1.54, 1.807) is 6.07 Å². The van der Waals surface area contributed by atoms with Gasteiger partial charge in [-0.3, -0.25) is 4.90 Å². The molecule has 2 aliphatic heterocycles. The van der Waals surface area contributed by atoms with Gasteiger partial charge in [-0.1, -0.05) is 48.0 Å². The molecule has 0 saturated heterocycles. The highest BCUT2D eigenvalue weighted by Gasteiger charge is 2.27. The van der Waals surface area contributed by atoms with Crippen molar-refractivity contribution in [2.24, 2.45) is 0 Å². The van der Waals surface area contributed by atoms with Crippen molar-refractivity contribution >= 4 is 11.6 Å². The summed E-state index contributed by atoms with van der Waals surface area (Å²) in [5.41, 5.74) is 8.75. The molecule has 4 rings (SSSR count). The lowest BCUT2D eigenvalue weighted by molar-refractivity contribution is 0.246. The minimum atomic E-state index is -0.356. The van der Waals surface area contributed by atoms with Crippen LogP contribution in [0.5, 0.6) is 0 Å². The van der Waals surface area contributed by atoms with Crippen molar-refractivity contribution in [3.8, 4) is 0 Å². The van der Waals surface area contributed by atoms with E-state index in [1.807, 2.05) is 12.1 Å². The van der Waals surface area contributed by atoms with Crippen molar-refractivity contribution in [1.82, 2.24) is 15.3 Å². The van der Waals surface area contributed by atoms with E-state index in [-0.39, 0.29) is 10.8 Å². The molecule has 1 N–H and O–H groups in total. The first-order valence-electron chi connectivity index (χ1n) is 8.60. The first-order chi connectivity index (χ1) is 12.2. The fourth-order valence-electron chi connectivity index (χ4n) is 3.56. The van der Waals surface area contributed by atoms with Crippen molar-refractivity contribution in [3.63, 3.8) is 0 Å². The van der Waals surface area contributed by atoms with Crippen molar-refractivity contribution < 1.29 is 4.39 Å². The lowest BCUT2D eigenvalue weighted by atomic mass is 10.1. The van der Waals surface area contributed by atoms with Gasteiger partial charge in [0.05, 0.1) is 5.02 Å². The second kappa shape index (κ2) is 7.16. The Balaban J connectivity index is 1.36. The lowest BCUT2D eigenvalue weighted by Crippen LogP contribution is -2.32. The van der Waals surface area contributed by atoms with Crippen LogP contribution in [0.4, 0.5) is 4.39 Å². The summed E-state index contributed by atoms with van der Waals surface area (Å²) in [6.07, 6.45) is 1.02. The fourth-order valence-corrected chi connectivity index (χ4v) is 3.77. The van der Waals surface area contributed by atoms with E-state index in [4.69, 9.17) is 11.6 Å². The number of nitrogens with one attached hydrogen (secondary N) is 1. The number of nitrogens with zero attached hydrogens (tertiary/aromatic N) is 2. The molecule has 0 radical (unpaired) electrons. The van der Waals surface area contributed by atoms with Crippen LogP contribution in [0.1, 0.15) is 17.5 Å². The van der Waals surface area contributed by atoms with E-state index < -0.39 is 0 Å². The number of hydrogen-bond donors (Lipinski definition) is 1. The van der Waals surface area contributed by atoms with Crippen LogP contribution in [-0.2, 0) is 13.1 Å². The average molecular weight is 358 g/mol. The Kier molecular flexibility index (Phi) is 4.75. The van der Waals surface area contributed by atoms with E-state index in [0.717, 1.165) is 44.7 Å². The second-order valence-electron chi connectivity index (χ2n) is 6.74. The predicted molar refractivity (Wildman–Crippen MR) is 98.3 cm³/mol. The molecule has 0 bridgehead atoms. The molecule has 0 spiro atoms. The average Bonchev–Trinajstić information content (AvgIpc) is 3.00. The minimum Gasteiger partial charge on any atom is -0.322 e. The summed E-state index contributed by atoms with van der Waals surface area (Å²) in [5, 5.41) is 2.48. The van der Waals surface area contributed by atoms with Crippen LogP contribution in [0.3, 0.4) is 0 Å². The van der Waals surface area contributed by atoms with Gasteiger partial charge >= 0.3 is 0 Å². The monoisotopic (exact) mass is 357 g/mol. The molecule has 0 fully saturated rings. The van der Waals surface area contributed by atoms with E-state index in [1.165, 1.54) is 22.9 Å². The molecule has 2 aromatic carbocycles. The smallest absolute Gasteiger partial charge is 0.141 e. The maximum absolute atomic E-state index is 13.3. The molecule has 3 nitrogen and oxygen atoms in total. The molecule has 2 aliphatic rings. The normalized spacial score (nSPS) is 18.3. The van der Waals surface area contributed by atoms with Gasteiger partial charge in [0.1, 0.15) is 5.82 Å². The first kappa shape index (κ1) is 16.6. The topological polar surface area (TPSA) is 18.5 Å². The van der Waals surface area contributed by atoms with Crippen LogP contribution >= 0.6 is 11.6 Å². The zero-order valence-electron chi connectivity index (χ0n) is 14.0. The second-order valence-corrected chi connectivity index (χ2v) is 7.15. The molecule has 0 aromatic heterocycles. The minimum absolute atomic E-state index is 0.200. The maximum Gasteiger partial charge on any atom is 0.141 e. The van der Waals surface area contributed by atoms with Crippen LogP contribution in [0.25, 0.3) is 0 Å². The predicted octanol–water partition coefficient (Wildman–Crippen LogP) is 3.96. The Labute approximate surface area is 152 Å². The first-order valence-corrected chi connectivity index (χ1v) is 8.98. The Morgan fingerprint density at radius 1 is 1.00 bits per heavy atom. The summed E-state index contributed by atoms with van der Waals surface area (Å²) >= 11 is 5.90. The molecule has 25 heavy (non-hydrogen) atoms. The van der Waals surface area contributed by atoms with Gasteiger partial charge < -0.3 is 5.43 Å². The van der Waals surface area contributed by atoms with Crippen LogP contribution in [0, 0.1) is 5.82 Å². The molecule has 2 aromatic rings. The summed E-state index contributed by atoms with van der Waals surface area (Å²) < 4.78 is 13.3. The molecule has 0 amide bonds. The number of hydrazine groups is 1. The van der Waals surface area contributed by atoms with E-state index in [0.29, 0.717) is 0 Å². The molecule has 5 heteroatoms. The Bertz CT molecular complexity index is 791. The Morgan fingerprint density at radius 2 is 1.84 bits per heavy atom.